The molecule has 3 aromatic carbocycles. The maximum atomic E-state index is 12.8. The highest BCUT2D eigenvalue weighted by Gasteiger charge is 2.35. The lowest BCUT2D eigenvalue weighted by Crippen LogP contribution is -2.27. The Balaban J connectivity index is 1.39. The Kier molecular flexibility index (Phi) is 7.73. The van der Waals surface area contributed by atoms with Crippen LogP contribution >= 0.6 is 27.7 Å². The van der Waals surface area contributed by atoms with Crippen LogP contribution < -0.4 is 10.1 Å². The zero-order valence-corrected chi connectivity index (χ0v) is 21.6. The first kappa shape index (κ1) is 24.8. The van der Waals surface area contributed by atoms with Crippen LogP contribution in [0, 0.1) is 13.8 Å². The summed E-state index contributed by atoms with van der Waals surface area (Å²) in [6, 6.07) is 20.5. The van der Waals surface area contributed by atoms with E-state index in [2.05, 4.69) is 21.2 Å². The molecule has 3 aromatic rings. The van der Waals surface area contributed by atoms with Crippen molar-refractivity contribution in [2.45, 2.75) is 20.4 Å². The van der Waals surface area contributed by atoms with Crippen molar-refractivity contribution in [3.63, 3.8) is 0 Å². The number of amides is 3. The van der Waals surface area contributed by atoms with E-state index in [9.17, 15) is 14.4 Å². The van der Waals surface area contributed by atoms with Gasteiger partial charge in [0.1, 0.15) is 5.75 Å². The number of hydrogen-bond acceptors (Lipinski definition) is 5. The molecule has 178 valence electrons. The Labute approximate surface area is 216 Å². The Morgan fingerprint density at radius 1 is 1.03 bits per heavy atom. The fraction of sp³-hybridized carbons (Fsp3) is 0.148. The van der Waals surface area contributed by atoms with E-state index in [1.807, 2.05) is 62.4 Å². The largest absolute Gasteiger partial charge is 0.483 e. The molecule has 0 aromatic heterocycles. The fourth-order valence-electron chi connectivity index (χ4n) is 3.57. The number of rotatable bonds is 7. The molecule has 1 saturated heterocycles. The summed E-state index contributed by atoms with van der Waals surface area (Å²) in [5, 5.41) is 2.51. The number of nitrogens with zero attached hydrogens (tertiary/aromatic N) is 1. The molecule has 1 aliphatic heterocycles. The van der Waals surface area contributed by atoms with Crippen molar-refractivity contribution in [2.24, 2.45) is 0 Å². The van der Waals surface area contributed by atoms with Crippen LogP contribution in [0.3, 0.4) is 0 Å². The van der Waals surface area contributed by atoms with Gasteiger partial charge in [0.2, 0.25) is 0 Å². The highest BCUT2D eigenvalue weighted by atomic mass is 79.9. The normalized spacial score (nSPS) is 14.5. The summed E-state index contributed by atoms with van der Waals surface area (Å²) in [7, 11) is 0. The summed E-state index contributed by atoms with van der Waals surface area (Å²) in [5.74, 6) is -0.0891. The first-order chi connectivity index (χ1) is 16.8. The first-order valence-corrected chi connectivity index (χ1v) is 12.5. The van der Waals surface area contributed by atoms with Crippen LogP contribution in [0.5, 0.6) is 5.75 Å². The van der Waals surface area contributed by atoms with Crippen LogP contribution in [0.1, 0.15) is 22.3 Å². The number of benzene rings is 3. The van der Waals surface area contributed by atoms with Crippen molar-refractivity contribution in [1.29, 1.82) is 0 Å². The molecule has 0 radical (unpaired) electrons. The van der Waals surface area contributed by atoms with Gasteiger partial charge in [-0.15, -0.1) is 0 Å². The molecule has 1 fully saturated rings. The summed E-state index contributed by atoms with van der Waals surface area (Å²) in [5.41, 5.74) is 4.47. The van der Waals surface area contributed by atoms with Gasteiger partial charge in [-0.05, 0) is 88.6 Å². The highest BCUT2D eigenvalue weighted by molar-refractivity contribution is 9.10. The number of ether oxygens (including phenoxy) is 1. The third kappa shape index (κ3) is 6.41. The number of carbonyl (C=O) groups is 3. The highest BCUT2D eigenvalue weighted by Crippen LogP contribution is 2.34. The van der Waals surface area contributed by atoms with Crippen LogP contribution in [-0.2, 0) is 16.1 Å². The summed E-state index contributed by atoms with van der Waals surface area (Å²) < 4.78 is 6.28. The average molecular weight is 551 g/mol. The molecule has 0 unspecified atom stereocenters. The topological polar surface area (TPSA) is 75.7 Å². The van der Waals surface area contributed by atoms with Gasteiger partial charge in [-0.3, -0.25) is 19.3 Å². The molecular weight excluding hydrogens is 528 g/mol. The Bertz CT molecular complexity index is 1340. The molecule has 1 heterocycles. The van der Waals surface area contributed by atoms with Crippen LogP contribution in [0.2, 0.25) is 0 Å². The second-order valence-electron chi connectivity index (χ2n) is 8.15. The number of thioether (sulfide) groups is 1. The summed E-state index contributed by atoms with van der Waals surface area (Å²) in [6.07, 6.45) is 1.68. The first-order valence-electron chi connectivity index (χ1n) is 10.9. The van der Waals surface area contributed by atoms with Gasteiger partial charge in [-0.1, -0.05) is 48.0 Å². The van der Waals surface area contributed by atoms with Crippen molar-refractivity contribution in [2.75, 3.05) is 11.9 Å². The molecule has 35 heavy (non-hydrogen) atoms. The van der Waals surface area contributed by atoms with Crippen LogP contribution in [0.15, 0.2) is 76.1 Å². The van der Waals surface area contributed by atoms with Crippen molar-refractivity contribution in [3.8, 4) is 5.75 Å². The van der Waals surface area contributed by atoms with Gasteiger partial charge in [0, 0.05) is 5.69 Å². The molecule has 0 saturated carbocycles. The second kappa shape index (κ2) is 10.9. The lowest BCUT2D eigenvalue weighted by Gasteiger charge is -2.12. The lowest BCUT2D eigenvalue weighted by atomic mass is 10.1. The molecule has 0 bridgehead atoms. The summed E-state index contributed by atoms with van der Waals surface area (Å²) in [4.78, 5) is 39.1. The number of nitrogens with one attached hydrogen (secondary N) is 1. The molecule has 4 rings (SSSR count). The Morgan fingerprint density at radius 3 is 2.49 bits per heavy atom. The van der Waals surface area contributed by atoms with Gasteiger partial charge in [0.25, 0.3) is 17.1 Å². The quantitative estimate of drug-likeness (QED) is 0.348. The maximum absolute atomic E-state index is 12.8. The lowest BCUT2D eigenvalue weighted by molar-refractivity contribution is -0.123. The van der Waals surface area contributed by atoms with Crippen LogP contribution in [0.25, 0.3) is 6.08 Å². The third-order valence-electron chi connectivity index (χ3n) is 5.21. The monoisotopic (exact) mass is 550 g/mol. The van der Waals surface area contributed by atoms with Gasteiger partial charge >= 0.3 is 0 Å². The molecule has 6 nitrogen and oxygen atoms in total. The number of imide groups is 1. The fourth-order valence-corrected chi connectivity index (χ4v) is 4.92. The number of anilines is 1. The van der Waals surface area contributed by atoms with Crippen molar-refractivity contribution >= 4 is 56.5 Å². The van der Waals surface area contributed by atoms with Gasteiger partial charge in [0.15, 0.2) is 6.61 Å². The predicted molar refractivity (Wildman–Crippen MR) is 142 cm³/mol. The minimum Gasteiger partial charge on any atom is -0.483 e. The van der Waals surface area contributed by atoms with Gasteiger partial charge in [-0.2, -0.15) is 0 Å². The zero-order chi connectivity index (χ0) is 24.9. The van der Waals surface area contributed by atoms with Crippen molar-refractivity contribution in [3.05, 3.63) is 98.4 Å². The average Bonchev–Trinajstić information content (AvgIpc) is 3.06. The van der Waals surface area contributed by atoms with E-state index in [-0.39, 0.29) is 30.2 Å². The molecule has 1 aliphatic rings. The number of carbonyl (C=O) groups excluding carboxylic acids is 3. The molecule has 0 atom stereocenters. The Morgan fingerprint density at radius 2 is 1.77 bits per heavy atom. The minimum absolute atomic E-state index is 0.149. The van der Waals surface area contributed by atoms with Crippen LogP contribution in [0.4, 0.5) is 10.5 Å². The van der Waals surface area contributed by atoms with Gasteiger partial charge < -0.3 is 10.1 Å². The molecule has 0 spiro atoms. The molecule has 3 amide bonds. The number of halogens is 1. The second-order valence-corrected chi connectivity index (χ2v) is 10.0. The molecule has 1 N–H and O–H groups in total. The molecule has 0 aliphatic carbocycles. The smallest absolute Gasteiger partial charge is 0.293 e. The standard InChI is InChI=1S/C27H23BrN2O4S/c1-17-5-3-7-20(11-17)15-30-26(32)24(35-27(30)33)14-19-9-10-23(22(28)13-19)34-16-25(31)29-21-8-4-6-18(2)12-21/h3-14H,15-16H2,1-2H3,(H,29,31)/b24-14-. The third-order valence-corrected chi connectivity index (χ3v) is 6.74. The molecular formula is C27H23BrN2O4S. The maximum Gasteiger partial charge on any atom is 0.293 e. The summed E-state index contributed by atoms with van der Waals surface area (Å²) >= 11 is 4.38. The minimum atomic E-state index is -0.314. The van der Waals surface area contributed by atoms with E-state index in [0.29, 0.717) is 20.8 Å². The van der Waals surface area contributed by atoms with E-state index in [1.54, 1.807) is 24.3 Å². The Hall–Kier alpha value is -3.36. The molecule has 8 heteroatoms. The van der Waals surface area contributed by atoms with E-state index in [0.717, 1.165) is 34.0 Å². The van der Waals surface area contributed by atoms with Crippen molar-refractivity contribution < 1.29 is 19.1 Å². The van der Waals surface area contributed by atoms with Crippen molar-refractivity contribution in [1.82, 2.24) is 4.90 Å². The van der Waals surface area contributed by atoms with E-state index >= 15 is 0 Å². The van der Waals surface area contributed by atoms with Gasteiger partial charge in [-0.25, -0.2) is 0 Å². The van der Waals surface area contributed by atoms with E-state index < -0.39 is 0 Å². The zero-order valence-electron chi connectivity index (χ0n) is 19.2. The van der Waals surface area contributed by atoms with E-state index in [1.165, 1.54) is 4.90 Å². The number of hydrogen-bond donors (Lipinski definition) is 1. The van der Waals surface area contributed by atoms with Gasteiger partial charge in [0.05, 0.1) is 15.9 Å². The SMILES string of the molecule is Cc1cccc(CN2C(=O)S/C(=C\c3ccc(OCC(=O)Nc4cccc(C)c4)c(Br)c3)C2=O)c1. The van der Waals surface area contributed by atoms with Crippen LogP contribution in [-0.4, -0.2) is 28.6 Å². The number of aryl methyl sites for hydroxylation is 2. The predicted octanol–water partition coefficient (Wildman–Crippen LogP) is 6.32. The van der Waals surface area contributed by atoms with E-state index in [4.69, 9.17) is 4.74 Å². The summed E-state index contributed by atoms with van der Waals surface area (Å²) in [6.45, 7) is 4.02.